The van der Waals surface area contributed by atoms with E-state index in [-0.39, 0.29) is 0 Å². The zero-order chi connectivity index (χ0) is 11.5. The smallest absolute Gasteiger partial charge is 0.123 e. The first-order valence-corrected chi connectivity index (χ1v) is 4.79. The van der Waals surface area contributed by atoms with Crippen LogP contribution in [-0.2, 0) is 0 Å². The van der Waals surface area contributed by atoms with Gasteiger partial charge in [-0.1, -0.05) is 0 Å². The summed E-state index contributed by atoms with van der Waals surface area (Å²) in [6, 6.07) is 7.84. The van der Waals surface area contributed by atoms with E-state index in [1.807, 2.05) is 37.2 Å². The molecule has 0 atom stereocenters. The molecule has 0 saturated carbocycles. The van der Waals surface area contributed by atoms with Crippen LogP contribution in [0.15, 0.2) is 30.9 Å². The van der Waals surface area contributed by atoms with Crippen LogP contribution in [-0.4, -0.2) is 28.9 Å². The van der Waals surface area contributed by atoms with Gasteiger partial charge in [0.15, 0.2) is 0 Å². The van der Waals surface area contributed by atoms with Gasteiger partial charge in [0.1, 0.15) is 18.7 Å². The molecule has 2 aromatic rings. The zero-order valence-corrected chi connectivity index (χ0v) is 9.12. The lowest BCUT2D eigenvalue weighted by atomic mass is 10.1. The third-order valence-corrected chi connectivity index (χ3v) is 2.30. The average Bonchev–Trinajstić information content (AvgIpc) is 2.81. The SMILES string of the molecule is CN(C)c1ccc(-n2cnnc2)cc1C#N. The Kier molecular flexibility index (Phi) is 2.56. The zero-order valence-electron chi connectivity index (χ0n) is 9.12. The Bertz CT molecular complexity index is 522. The second-order valence-electron chi connectivity index (χ2n) is 3.58. The minimum absolute atomic E-state index is 0.635. The monoisotopic (exact) mass is 213 g/mol. The second kappa shape index (κ2) is 4.03. The molecule has 0 bridgehead atoms. The number of hydrogen-bond donors (Lipinski definition) is 0. The summed E-state index contributed by atoms with van der Waals surface area (Å²) < 4.78 is 1.76. The predicted molar refractivity (Wildman–Crippen MR) is 60.4 cm³/mol. The minimum atomic E-state index is 0.635. The summed E-state index contributed by atoms with van der Waals surface area (Å²) in [5.74, 6) is 0. The third kappa shape index (κ3) is 1.73. The highest BCUT2D eigenvalue weighted by Gasteiger charge is 2.06. The highest BCUT2D eigenvalue weighted by Crippen LogP contribution is 2.20. The summed E-state index contributed by atoms with van der Waals surface area (Å²) in [7, 11) is 3.82. The topological polar surface area (TPSA) is 57.7 Å². The maximum Gasteiger partial charge on any atom is 0.123 e. The van der Waals surface area contributed by atoms with Gasteiger partial charge in [0.25, 0.3) is 0 Å². The van der Waals surface area contributed by atoms with Crippen molar-refractivity contribution in [2.75, 3.05) is 19.0 Å². The van der Waals surface area contributed by atoms with Crippen LogP contribution in [0.4, 0.5) is 5.69 Å². The van der Waals surface area contributed by atoms with Gasteiger partial charge >= 0.3 is 0 Å². The van der Waals surface area contributed by atoms with Gasteiger partial charge in [-0.05, 0) is 18.2 Å². The highest BCUT2D eigenvalue weighted by atomic mass is 15.2. The molecule has 0 aliphatic carbocycles. The second-order valence-corrected chi connectivity index (χ2v) is 3.58. The van der Waals surface area contributed by atoms with Gasteiger partial charge < -0.3 is 4.90 Å². The van der Waals surface area contributed by atoms with Crippen molar-refractivity contribution in [3.8, 4) is 11.8 Å². The number of hydrogen-bond acceptors (Lipinski definition) is 4. The maximum absolute atomic E-state index is 9.07. The Morgan fingerprint density at radius 3 is 2.50 bits per heavy atom. The van der Waals surface area contributed by atoms with Crippen molar-refractivity contribution < 1.29 is 0 Å². The van der Waals surface area contributed by atoms with Crippen LogP contribution < -0.4 is 4.90 Å². The quantitative estimate of drug-likeness (QED) is 0.752. The molecule has 0 spiro atoms. The van der Waals surface area contributed by atoms with Gasteiger partial charge in [-0.3, -0.25) is 4.57 Å². The largest absolute Gasteiger partial charge is 0.377 e. The summed E-state index contributed by atoms with van der Waals surface area (Å²) >= 11 is 0. The number of benzene rings is 1. The molecule has 5 heteroatoms. The van der Waals surface area contributed by atoms with Gasteiger partial charge in [-0.15, -0.1) is 10.2 Å². The van der Waals surface area contributed by atoms with Crippen molar-refractivity contribution in [3.63, 3.8) is 0 Å². The Morgan fingerprint density at radius 1 is 1.25 bits per heavy atom. The van der Waals surface area contributed by atoms with Crippen LogP contribution in [0.1, 0.15) is 5.56 Å². The fourth-order valence-electron chi connectivity index (χ4n) is 1.50. The van der Waals surface area contributed by atoms with E-state index >= 15 is 0 Å². The Balaban J connectivity index is 2.50. The van der Waals surface area contributed by atoms with Gasteiger partial charge in [-0.2, -0.15) is 5.26 Å². The summed E-state index contributed by atoms with van der Waals surface area (Å²) in [6.07, 6.45) is 3.21. The maximum atomic E-state index is 9.07. The van der Waals surface area contributed by atoms with Gasteiger partial charge in [-0.25, -0.2) is 0 Å². The van der Waals surface area contributed by atoms with Crippen molar-refractivity contribution in [1.82, 2.24) is 14.8 Å². The molecule has 0 N–H and O–H groups in total. The molecule has 0 radical (unpaired) electrons. The molecule has 0 aliphatic rings. The van der Waals surface area contributed by atoms with Gasteiger partial charge in [0.05, 0.1) is 11.3 Å². The lowest BCUT2D eigenvalue weighted by molar-refractivity contribution is 1.05. The number of nitrogens with zero attached hydrogens (tertiary/aromatic N) is 5. The van der Waals surface area contributed by atoms with E-state index in [1.54, 1.807) is 17.2 Å². The summed E-state index contributed by atoms with van der Waals surface area (Å²) in [4.78, 5) is 1.91. The molecular weight excluding hydrogens is 202 g/mol. The molecule has 5 nitrogen and oxygen atoms in total. The molecule has 0 saturated heterocycles. The van der Waals surface area contributed by atoms with Crippen LogP contribution in [0.2, 0.25) is 0 Å². The molecule has 0 amide bonds. The molecule has 0 aliphatic heterocycles. The summed E-state index contributed by atoms with van der Waals surface area (Å²) in [5.41, 5.74) is 2.42. The Labute approximate surface area is 93.6 Å². The number of nitriles is 1. The number of aromatic nitrogens is 3. The first kappa shape index (κ1) is 10.2. The molecule has 0 unspecified atom stereocenters. The number of anilines is 1. The van der Waals surface area contributed by atoms with Crippen LogP contribution in [0, 0.1) is 11.3 Å². The standard InChI is InChI=1S/C11H11N5/c1-15(2)11-4-3-10(5-9(11)6-12)16-7-13-14-8-16/h3-5,7-8H,1-2H3. The lowest BCUT2D eigenvalue weighted by Gasteiger charge is -2.14. The van der Waals surface area contributed by atoms with Crippen molar-refractivity contribution in [3.05, 3.63) is 36.4 Å². The fourth-order valence-corrected chi connectivity index (χ4v) is 1.50. The third-order valence-electron chi connectivity index (χ3n) is 2.30. The minimum Gasteiger partial charge on any atom is -0.377 e. The van der Waals surface area contributed by atoms with Gasteiger partial charge in [0.2, 0.25) is 0 Å². The van der Waals surface area contributed by atoms with E-state index in [0.29, 0.717) is 5.56 Å². The van der Waals surface area contributed by atoms with Crippen molar-refractivity contribution in [2.24, 2.45) is 0 Å². The molecule has 2 rings (SSSR count). The van der Waals surface area contributed by atoms with Crippen LogP contribution in [0.5, 0.6) is 0 Å². The average molecular weight is 213 g/mol. The van der Waals surface area contributed by atoms with E-state index in [0.717, 1.165) is 11.4 Å². The van der Waals surface area contributed by atoms with E-state index in [4.69, 9.17) is 5.26 Å². The van der Waals surface area contributed by atoms with E-state index in [2.05, 4.69) is 16.3 Å². The molecular formula is C11H11N5. The normalized spacial score (nSPS) is 9.81. The van der Waals surface area contributed by atoms with Crippen molar-refractivity contribution >= 4 is 5.69 Å². The summed E-state index contributed by atoms with van der Waals surface area (Å²) in [5, 5.41) is 16.5. The van der Waals surface area contributed by atoms with Crippen LogP contribution >= 0.6 is 0 Å². The predicted octanol–water partition coefficient (Wildman–Crippen LogP) is 1.20. The van der Waals surface area contributed by atoms with E-state index < -0.39 is 0 Å². The summed E-state index contributed by atoms with van der Waals surface area (Å²) in [6.45, 7) is 0. The molecule has 1 aromatic heterocycles. The Morgan fingerprint density at radius 2 is 1.94 bits per heavy atom. The fraction of sp³-hybridized carbons (Fsp3) is 0.182. The Hall–Kier alpha value is -2.35. The number of rotatable bonds is 2. The molecule has 1 heterocycles. The van der Waals surface area contributed by atoms with Crippen LogP contribution in [0.3, 0.4) is 0 Å². The first-order chi connectivity index (χ1) is 7.72. The van der Waals surface area contributed by atoms with Gasteiger partial charge in [0, 0.05) is 19.8 Å². The van der Waals surface area contributed by atoms with E-state index in [1.165, 1.54) is 0 Å². The highest BCUT2D eigenvalue weighted by molar-refractivity contribution is 5.62. The van der Waals surface area contributed by atoms with Crippen molar-refractivity contribution in [2.45, 2.75) is 0 Å². The molecule has 80 valence electrons. The van der Waals surface area contributed by atoms with E-state index in [9.17, 15) is 0 Å². The first-order valence-electron chi connectivity index (χ1n) is 4.79. The lowest BCUT2D eigenvalue weighted by Crippen LogP contribution is -2.10. The van der Waals surface area contributed by atoms with Crippen molar-refractivity contribution in [1.29, 1.82) is 5.26 Å². The molecule has 16 heavy (non-hydrogen) atoms. The molecule has 0 fully saturated rings. The molecule has 1 aromatic carbocycles. The van der Waals surface area contributed by atoms with Crippen LogP contribution in [0.25, 0.3) is 5.69 Å².